The molecule has 0 bridgehead atoms. The second kappa shape index (κ2) is 5.96. The summed E-state index contributed by atoms with van der Waals surface area (Å²) in [6.45, 7) is 4.50. The van der Waals surface area contributed by atoms with E-state index >= 15 is 0 Å². The Morgan fingerprint density at radius 3 is 2.50 bits per heavy atom. The van der Waals surface area contributed by atoms with Crippen LogP contribution in [0.4, 0.5) is 0 Å². The number of nitrogens with one attached hydrogen (secondary N) is 1. The first-order chi connectivity index (χ1) is 6.40. The molecule has 0 atom stereocenters. The minimum Gasteiger partial charge on any atom is -0.202 e. The largest absolute Gasteiger partial charge is 0.279 e. The summed E-state index contributed by atoms with van der Waals surface area (Å²) in [6.07, 6.45) is 0.207. The van der Waals surface area contributed by atoms with Crippen molar-refractivity contribution in [1.82, 2.24) is 9.03 Å². The van der Waals surface area contributed by atoms with Gasteiger partial charge in [-0.1, -0.05) is 13.8 Å². The highest BCUT2D eigenvalue weighted by Crippen LogP contribution is 1.97. The molecule has 0 radical (unpaired) electrons. The van der Waals surface area contributed by atoms with Gasteiger partial charge in [0.2, 0.25) is 0 Å². The highest BCUT2D eigenvalue weighted by Gasteiger charge is 2.16. The quantitative estimate of drug-likeness (QED) is 0.699. The van der Waals surface area contributed by atoms with Crippen LogP contribution >= 0.6 is 0 Å². The maximum absolute atomic E-state index is 11.4. The van der Waals surface area contributed by atoms with Crippen molar-refractivity contribution in [3.05, 3.63) is 0 Å². The Bertz CT molecular complexity index is 292. The predicted octanol–water partition coefficient (Wildman–Crippen LogP) is 0.322. The SMILES string of the molecule is CC(C)CNS(=O)(=O)N(C)CCC#N. The Morgan fingerprint density at radius 1 is 1.50 bits per heavy atom. The lowest BCUT2D eigenvalue weighted by atomic mass is 10.2. The molecule has 14 heavy (non-hydrogen) atoms. The zero-order chi connectivity index (χ0) is 11.2. The molecule has 0 aromatic heterocycles. The van der Waals surface area contributed by atoms with Crippen molar-refractivity contribution in [2.45, 2.75) is 20.3 Å². The number of nitriles is 1. The van der Waals surface area contributed by atoms with Crippen LogP contribution in [0.15, 0.2) is 0 Å². The molecule has 0 unspecified atom stereocenters. The lowest BCUT2D eigenvalue weighted by molar-refractivity contribution is 0.458. The van der Waals surface area contributed by atoms with Gasteiger partial charge in [-0.2, -0.15) is 18.0 Å². The Kier molecular flexibility index (Phi) is 5.69. The molecule has 0 aliphatic heterocycles. The number of hydrogen-bond acceptors (Lipinski definition) is 3. The van der Waals surface area contributed by atoms with E-state index in [4.69, 9.17) is 5.26 Å². The van der Waals surface area contributed by atoms with Gasteiger partial charge in [0.1, 0.15) is 0 Å². The standard InChI is InChI=1S/C8H17N3O2S/c1-8(2)7-10-14(12,13)11(3)6-4-5-9/h8,10H,4,6-7H2,1-3H3. The Labute approximate surface area is 85.9 Å². The summed E-state index contributed by atoms with van der Waals surface area (Å²) in [5, 5.41) is 8.31. The van der Waals surface area contributed by atoms with Crippen LogP contribution < -0.4 is 4.72 Å². The Morgan fingerprint density at radius 2 is 2.07 bits per heavy atom. The third-order valence-electron chi connectivity index (χ3n) is 1.62. The van der Waals surface area contributed by atoms with E-state index in [2.05, 4.69) is 4.72 Å². The highest BCUT2D eigenvalue weighted by atomic mass is 32.2. The third kappa shape index (κ3) is 5.17. The number of hydrogen-bond donors (Lipinski definition) is 1. The summed E-state index contributed by atoms with van der Waals surface area (Å²) in [4.78, 5) is 0. The summed E-state index contributed by atoms with van der Waals surface area (Å²) in [6, 6.07) is 1.90. The monoisotopic (exact) mass is 219 g/mol. The van der Waals surface area contributed by atoms with Gasteiger partial charge in [-0.05, 0) is 5.92 Å². The van der Waals surface area contributed by atoms with Crippen LogP contribution in [0.1, 0.15) is 20.3 Å². The van der Waals surface area contributed by atoms with Gasteiger partial charge in [-0.3, -0.25) is 0 Å². The van der Waals surface area contributed by atoms with Gasteiger partial charge < -0.3 is 0 Å². The van der Waals surface area contributed by atoms with Crippen molar-refractivity contribution in [2.24, 2.45) is 5.92 Å². The Balaban J connectivity index is 4.12. The molecule has 0 aliphatic carbocycles. The molecule has 0 heterocycles. The van der Waals surface area contributed by atoms with Crippen LogP contribution in [0.3, 0.4) is 0 Å². The molecule has 6 heteroatoms. The molecule has 5 nitrogen and oxygen atoms in total. The molecule has 0 rings (SSSR count). The first-order valence-corrected chi connectivity index (χ1v) is 5.92. The van der Waals surface area contributed by atoms with Crippen LogP contribution in [0.2, 0.25) is 0 Å². The van der Waals surface area contributed by atoms with Gasteiger partial charge in [0.25, 0.3) is 10.2 Å². The van der Waals surface area contributed by atoms with Crippen molar-refractivity contribution in [3.63, 3.8) is 0 Å². The van der Waals surface area contributed by atoms with Gasteiger partial charge in [-0.15, -0.1) is 0 Å². The van der Waals surface area contributed by atoms with E-state index in [0.717, 1.165) is 4.31 Å². The smallest absolute Gasteiger partial charge is 0.202 e. The Hall–Kier alpha value is -0.640. The van der Waals surface area contributed by atoms with E-state index in [0.29, 0.717) is 6.54 Å². The second-order valence-electron chi connectivity index (χ2n) is 3.48. The molecule has 0 fully saturated rings. The first-order valence-electron chi connectivity index (χ1n) is 4.48. The van der Waals surface area contributed by atoms with Crippen molar-refractivity contribution < 1.29 is 8.42 Å². The van der Waals surface area contributed by atoms with E-state index in [1.807, 2.05) is 19.9 Å². The van der Waals surface area contributed by atoms with Crippen LogP contribution in [-0.2, 0) is 10.2 Å². The molecule has 0 aromatic rings. The van der Waals surface area contributed by atoms with Gasteiger partial charge in [-0.25, -0.2) is 4.72 Å². The summed E-state index contributed by atoms with van der Waals surface area (Å²) in [7, 11) is -1.94. The van der Waals surface area contributed by atoms with Crippen molar-refractivity contribution >= 4 is 10.2 Å². The minimum atomic E-state index is -3.40. The third-order valence-corrected chi connectivity index (χ3v) is 3.16. The molecule has 82 valence electrons. The van der Waals surface area contributed by atoms with Gasteiger partial charge in [0.15, 0.2) is 0 Å². The average molecular weight is 219 g/mol. The molecular weight excluding hydrogens is 202 g/mol. The topological polar surface area (TPSA) is 73.2 Å². The molecular formula is C8H17N3O2S. The fourth-order valence-electron chi connectivity index (χ4n) is 0.710. The van der Waals surface area contributed by atoms with Gasteiger partial charge in [0.05, 0.1) is 6.07 Å². The van der Waals surface area contributed by atoms with Crippen molar-refractivity contribution in [2.75, 3.05) is 20.1 Å². The lowest BCUT2D eigenvalue weighted by Crippen LogP contribution is -2.40. The van der Waals surface area contributed by atoms with Crippen molar-refractivity contribution in [3.8, 4) is 6.07 Å². The molecule has 0 amide bonds. The zero-order valence-corrected chi connectivity index (χ0v) is 9.63. The molecule has 0 spiro atoms. The van der Waals surface area contributed by atoms with Crippen molar-refractivity contribution in [1.29, 1.82) is 5.26 Å². The van der Waals surface area contributed by atoms with Gasteiger partial charge >= 0.3 is 0 Å². The van der Waals surface area contributed by atoms with Gasteiger partial charge in [0, 0.05) is 26.6 Å². The zero-order valence-electron chi connectivity index (χ0n) is 8.82. The maximum Gasteiger partial charge on any atom is 0.279 e. The van der Waals surface area contributed by atoms with E-state index in [1.54, 1.807) is 0 Å². The van der Waals surface area contributed by atoms with Crippen LogP contribution in [0.25, 0.3) is 0 Å². The average Bonchev–Trinajstić information content (AvgIpc) is 2.11. The van der Waals surface area contributed by atoms with E-state index < -0.39 is 10.2 Å². The van der Waals surface area contributed by atoms with Crippen LogP contribution in [0, 0.1) is 17.2 Å². The highest BCUT2D eigenvalue weighted by molar-refractivity contribution is 7.87. The molecule has 0 aliphatic rings. The first kappa shape index (κ1) is 13.4. The predicted molar refractivity (Wildman–Crippen MR) is 54.6 cm³/mol. The lowest BCUT2D eigenvalue weighted by Gasteiger charge is -2.17. The molecule has 0 saturated carbocycles. The van der Waals surface area contributed by atoms with E-state index in [9.17, 15) is 8.42 Å². The normalized spacial score (nSPS) is 12.0. The van der Waals surface area contributed by atoms with Crippen LogP contribution in [0.5, 0.6) is 0 Å². The molecule has 0 saturated heterocycles. The van der Waals surface area contributed by atoms with Crippen LogP contribution in [-0.4, -0.2) is 32.9 Å². The number of nitrogens with zero attached hydrogens (tertiary/aromatic N) is 2. The number of rotatable bonds is 6. The fourth-order valence-corrected chi connectivity index (χ4v) is 1.81. The van der Waals surface area contributed by atoms with E-state index in [1.165, 1.54) is 7.05 Å². The summed E-state index contributed by atoms with van der Waals surface area (Å²) in [5.41, 5.74) is 0. The second-order valence-corrected chi connectivity index (χ2v) is 5.34. The molecule has 1 N–H and O–H groups in total. The molecule has 0 aromatic carbocycles. The summed E-state index contributed by atoms with van der Waals surface area (Å²) >= 11 is 0. The minimum absolute atomic E-state index is 0.207. The van der Waals surface area contributed by atoms with E-state index in [-0.39, 0.29) is 18.9 Å². The summed E-state index contributed by atoms with van der Waals surface area (Å²) < 4.78 is 26.5. The fraction of sp³-hybridized carbons (Fsp3) is 0.875. The summed E-state index contributed by atoms with van der Waals surface area (Å²) in [5.74, 6) is 0.272. The maximum atomic E-state index is 11.4.